The third-order valence-electron chi connectivity index (χ3n) is 3.87. The maximum Gasteiger partial charge on any atom is 0.226 e. The van der Waals surface area contributed by atoms with Gasteiger partial charge >= 0.3 is 0 Å². The van der Waals surface area contributed by atoms with Gasteiger partial charge in [0.05, 0.1) is 38.6 Å². The van der Waals surface area contributed by atoms with Gasteiger partial charge in [-0.05, 0) is 37.3 Å². The van der Waals surface area contributed by atoms with Crippen molar-refractivity contribution in [1.29, 1.82) is 0 Å². The fourth-order valence-corrected chi connectivity index (χ4v) is 3.37. The van der Waals surface area contributed by atoms with E-state index in [4.69, 9.17) is 13.9 Å². The molecule has 1 aromatic carbocycles. The molecule has 3 aromatic rings. The summed E-state index contributed by atoms with van der Waals surface area (Å²) in [6.45, 7) is 1.88. The fourth-order valence-electron chi connectivity index (χ4n) is 2.56. The zero-order valence-electron chi connectivity index (χ0n) is 14.8. The monoisotopic (exact) mass is 372 g/mol. The minimum absolute atomic E-state index is 0.0990. The van der Waals surface area contributed by atoms with Crippen LogP contribution in [-0.2, 0) is 11.2 Å². The number of aromatic nitrogens is 1. The normalized spacial score (nSPS) is 11.8. The molecule has 0 saturated heterocycles. The van der Waals surface area contributed by atoms with E-state index < -0.39 is 0 Å². The summed E-state index contributed by atoms with van der Waals surface area (Å²) in [6.07, 6.45) is 1.81. The lowest BCUT2D eigenvalue weighted by molar-refractivity contribution is -0.121. The molecule has 7 heteroatoms. The molecular weight excluding hydrogens is 352 g/mol. The molecule has 136 valence electrons. The molecule has 26 heavy (non-hydrogen) atoms. The Morgan fingerprint density at radius 1 is 1.27 bits per heavy atom. The van der Waals surface area contributed by atoms with Gasteiger partial charge in [-0.2, -0.15) is 0 Å². The lowest BCUT2D eigenvalue weighted by atomic mass is 10.2. The molecule has 2 heterocycles. The van der Waals surface area contributed by atoms with Crippen LogP contribution >= 0.6 is 11.3 Å². The molecule has 0 radical (unpaired) electrons. The van der Waals surface area contributed by atoms with E-state index in [9.17, 15) is 4.79 Å². The van der Waals surface area contributed by atoms with Crippen LogP contribution in [0.25, 0.3) is 10.6 Å². The first-order valence-corrected chi connectivity index (χ1v) is 8.98. The van der Waals surface area contributed by atoms with Crippen molar-refractivity contribution in [3.8, 4) is 22.1 Å². The molecular formula is C19H20N2O4S. The number of nitrogens with zero attached hydrogens (tertiary/aromatic N) is 1. The Hall–Kier alpha value is -2.80. The van der Waals surface area contributed by atoms with Crippen molar-refractivity contribution >= 4 is 17.2 Å². The maximum absolute atomic E-state index is 12.2. The molecule has 0 saturated carbocycles. The predicted molar refractivity (Wildman–Crippen MR) is 99.6 cm³/mol. The topological polar surface area (TPSA) is 73.6 Å². The van der Waals surface area contributed by atoms with E-state index in [2.05, 4.69) is 10.3 Å². The number of amides is 1. The molecule has 0 spiro atoms. The number of hydrogen-bond acceptors (Lipinski definition) is 6. The van der Waals surface area contributed by atoms with Crippen molar-refractivity contribution in [3.05, 3.63) is 53.4 Å². The third-order valence-corrected chi connectivity index (χ3v) is 4.81. The van der Waals surface area contributed by atoms with Crippen LogP contribution < -0.4 is 14.8 Å². The smallest absolute Gasteiger partial charge is 0.226 e. The maximum atomic E-state index is 12.2. The van der Waals surface area contributed by atoms with Crippen molar-refractivity contribution in [2.45, 2.75) is 19.4 Å². The van der Waals surface area contributed by atoms with Crippen molar-refractivity contribution in [2.24, 2.45) is 0 Å². The molecule has 0 aliphatic carbocycles. The molecule has 0 fully saturated rings. The van der Waals surface area contributed by atoms with Crippen molar-refractivity contribution in [3.63, 3.8) is 0 Å². The number of methoxy groups -OCH3 is 2. The van der Waals surface area contributed by atoms with E-state index in [-0.39, 0.29) is 18.4 Å². The minimum atomic E-state index is -0.179. The van der Waals surface area contributed by atoms with E-state index in [0.717, 1.165) is 22.0 Å². The molecule has 0 aliphatic heterocycles. The van der Waals surface area contributed by atoms with Crippen LogP contribution in [0.3, 0.4) is 0 Å². The molecule has 3 rings (SSSR count). The Bertz CT molecular complexity index is 874. The van der Waals surface area contributed by atoms with Crippen LogP contribution in [0.2, 0.25) is 0 Å². The van der Waals surface area contributed by atoms with Crippen LogP contribution in [0.15, 0.2) is 46.4 Å². The van der Waals surface area contributed by atoms with Gasteiger partial charge in [0.1, 0.15) is 10.8 Å². The van der Waals surface area contributed by atoms with Crippen molar-refractivity contribution in [1.82, 2.24) is 10.3 Å². The second kappa shape index (κ2) is 8.05. The van der Waals surface area contributed by atoms with Gasteiger partial charge in [-0.3, -0.25) is 4.79 Å². The van der Waals surface area contributed by atoms with Gasteiger partial charge in [-0.25, -0.2) is 4.98 Å². The van der Waals surface area contributed by atoms with Gasteiger partial charge in [0, 0.05) is 10.9 Å². The quantitative estimate of drug-likeness (QED) is 0.682. The molecule has 1 N–H and O–H groups in total. The van der Waals surface area contributed by atoms with Gasteiger partial charge in [0.25, 0.3) is 0 Å². The predicted octanol–water partition coefficient (Wildman–Crippen LogP) is 3.84. The molecule has 1 atom stereocenters. The number of thiazole rings is 1. The standard InChI is InChI=1S/C19H20N2O4S/c1-12(15-5-4-8-25-15)20-18(22)10-14-11-26-19(21-14)13-6-7-16(23-2)17(9-13)24-3/h4-9,11-12H,10H2,1-3H3,(H,20,22)/t12-/m0/s1. The first-order chi connectivity index (χ1) is 12.6. The molecule has 0 bridgehead atoms. The molecule has 0 unspecified atom stereocenters. The molecule has 1 amide bonds. The van der Waals surface area contributed by atoms with E-state index >= 15 is 0 Å². The number of nitrogens with one attached hydrogen (secondary N) is 1. The van der Waals surface area contributed by atoms with E-state index in [1.54, 1.807) is 26.5 Å². The highest BCUT2D eigenvalue weighted by Crippen LogP contribution is 2.33. The summed E-state index contributed by atoms with van der Waals surface area (Å²) in [6, 6.07) is 9.09. The third kappa shape index (κ3) is 4.05. The van der Waals surface area contributed by atoms with Crippen LogP contribution in [0, 0.1) is 0 Å². The average molecular weight is 372 g/mol. The first-order valence-electron chi connectivity index (χ1n) is 8.10. The number of carbonyl (C=O) groups excluding carboxylic acids is 1. The SMILES string of the molecule is COc1ccc(-c2nc(CC(=O)N[C@@H](C)c3ccco3)cs2)cc1OC. The second-order valence-corrected chi connectivity index (χ2v) is 6.55. The lowest BCUT2D eigenvalue weighted by Gasteiger charge is -2.10. The Morgan fingerprint density at radius 3 is 2.77 bits per heavy atom. The number of benzene rings is 1. The highest BCUT2D eigenvalue weighted by Gasteiger charge is 2.15. The first kappa shape index (κ1) is 18.0. The Kier molecular flexibility index (Phi) is 5.58. The van der Waals surface area contributed by atoms with Crippen LogP contribution in [-0.4, -0.2) is 25.1 Å². The van der Waals surface area contributed by atoms with Gasteiger partial charge in [-0.15, -0.1) is 11.3 Å². The number of hydrogen-bond donors (Lipinski definition) is 1. The van der Waals surface area contributed by atoms with Crippen LogP contribution in [0.5, 0.6) is 11.5 Å². The zero-order chi connectivity index (χ0) is 18.5. The number of rotatable bonds is 7. The Labute approximate surface area is 155 Å². The molecule has 0 aliphatic rings. The van der Waals surface area contributed by atoms with Crippen molar-refractivity contribution < 1.29 is 18.7 Å². The fraction of sp³-hybridized carbons (Fsp3) is 0.263. The van der Waals surface area contributed by atoms with Crippen LogP contribution in [0.4, 0.5) is 0 Å². The second-order valence-electron chi connectivity index (χ2n) is 5.70. The summed E-state index contributed by atoms with van der Waals surface area (Å²) < 4.78 is 15.9. The summed E-state index contributed by atoms with van der Waals surface area (Å²) in [5, 5.41) is 5.63. The van der Waals surface area contributed by atoms with Gasteiger partial charge < -0.3 is 19.2 Å². The summed E-state index contributed by atoms with van der Waals surface area (Å²) in [5.41, 5.74) is 1.65. The Morgan fingerprint density at radius 2 is 2.08 bits per heavy atom. The minimum Gasteiger partial charge on any atom is -0.493 e. The number of ether oxygens (including phenoxy) is 2. The van der Waals surface area contributed by atoms with E-state index in [1.165, 1.54) is 11.3 Å². The van der Waals surface area contributed by atoms with Gasteiger partial charge in [0.15, 0.2) is 11.5 Å². The lowest BCUT2D eigenvalue weighted by Crippen LogP contribution is -2.27. The molecule has 6 nitrogen and oxygen atoms in total. The van der Waals surface area contributed by atoms with Gasteiger partial charge in [-0.1, -0.05) is 0 Å². The highest BCUT2D eigenvalue weighted by atomic mass is 32.1. The molecule has 2 aromatic heterocycles. The average Bonchev–Trinajstić information content (AvgIpc) is 3.33. The largest absolute Gasteiger partial charge is 0.493 e. The van der Waals surface area contributed by atoms with Gasteiger partial charge in [0.2, 0.25) is 5.91 Å². The zero-order valence-corrected chi connectivity index (χ0v) is 15.6. The summed E-state index contributed by atoms with van der Waals surface area (Å²) in [4.78, 5) is 16.8. The highest BCUT2D eigenvalue weighted by molar-refractivity contribution is 7.13. The summed E-state index contributed by atoms with van der Waals surface area (Å²) in [5.74, 6) is 1.94. The van der Waals surface area contributed by atoms with E-state index in [0.29, 0.717) is 11.5 Å². The van der Waals surface area contributed by atoms with Crippen LogP contribution in [0.1, 0.15) is 24.4 Å². The Balaban J connectivity index is 1.67. The van der Waals surface area contributed by atoms with E-state index in [1.807, 2.05) is 36.6 Å². The summed E-state index contributed by atoms with van der Waals surface area (Å²) in [7, 11) is 3.20. The number of carbonyl (C=O) groups is 1. The van der Waals surface area contributed by atoms with Crippen molar-refractivity contribution in [2.75, 3.05) is 14.2 Å². The number of furan rings is 1. The summed E-state index contributed by atoms with van der Waals surface area (Å²) >= 11 is 1.49.